The second-order valence-electron chi connectivity index (χ2n) is 9.03. The Hall–Kier alpha value is -2.65. The van der Waals surface area contributed by atoms with Crippen molar-refractivity contribution in [2.45, 2.75) is 58.5 Å². The van der Waals surface area contributed by atoms with Crippen LogP contribution in [0.5, 0.6) is 5.75 Å². The molecule has 1 unspecified atom stereocenters. The van der Waals surface area contributed by atoms with Crippen LogP contribution in [-0.2, 0) is 0 Å². The number of aryl methyl sites for hydroxylation is 1. The smallest absolute Gasteiger partial charge is 0.266 e. The molecule has 1 amide bonds. The van der Waals surface area contributed by atoms with Crippen molar-refractivity contribution in [1.29, 1.82) is 0 Å². The maximum absolute atomic E-state index is 12.2. The number of rotatable bonds is 11. The van der Waals surface area contributed by atoms with Crippen LogP contribution in [0, 0.1) is 12.8 Å². The molecule has 1 aromatic carbocycles. The molecule has 3 rings (SSSR count). The average molecular weight is 461 g/mol. The first-order valence-corrected chi connectivity index (χ1v) is 11.8. The predicted molar refractivity (Wildman–Crippen MR) is 125 cm³/mol. The van der Waals surface area contributed by atoms with Gasteiger partial charge in [-0.1, -0.05) is 13.8 Å². The topological polar surface area (TPSA) is 121 Å². The summed E-state index contributed by atoms with van der Waals surface area (Å²) in [5, 5.41) is 24.9. The molecule has 1 fully saturated rings. The lowest BCUT2D eigenvalue weighted by Crippen LogP contribution is -2.34. The van der Waals surface area contributed by atoms with E-state index < -0.39 is 6.10 Å². The van der Waals surface area contributed by atoms with Crippen molar-refractivity contribution in [1.82, 2.24) is 15.5 Å². The highest BCUT2D eigenvalue weighted by atomic mass is 16.5. The molecule has 2 heterocycles. The van der Waals surface area contributed by atoms with E-state index in [1.807, 2.05) is 26.8 Å². The van der Waals surface area contributed by atoms with Crippen LogP contribution >= 0.6 is 0 Å². The molecule has 33 heavy (non-hydrogen) atoms. The zero-order valence-corrected chi connectivity index (χ0v) is 19.8. The summed E-state index contributed by atoms with van der Waals surface area (Å²) >= 11 is 0. The number of carbonyl (C=O) groups excluding carboxylic acids is 1. The van der Waals surface area contributed by atoms with Crippen molar-refractivity contribution in [2.24, 2.45) is 5.92 Å². The molecule has 1 aromatic heterocycles. The van der Waals surface area contributed by atoms with E-state index in [0.717, 1.165) is 50.1 Å². The second-order valence-corrected chi connectivity index (χ2v) is 9.03. The number of hydrogen-bond donors (Lipinski definition) is 3. The van der Waals surface area contributed by atoms with Crippen molar-refractivity contribution in [3.63, 3.8) is 0 Å². The summed E-state index contributed by atoms with van der Waals surface area (Å²) in [5.41, 5.74) is 1.33. The third kappa shape index (κ3) is 7.17. The molecule has 1 aliphatic heterocycles. The molecule has 9 heteroatoms. The number of aliphatic hydroxyl groups excluding tert-OH is 2. The van der Waals surface area contributed by atoms with Gasteiger partial charge >= 0.3 is 0 Å². The molecular weight excluding hydrogens is 424 g/mol. The Kier molecular flexibility index (Phi) is 9.08. The first-order chi connectivity index (χ1) is 15.9. The fraction of sp³-hybridized carbons (Fsp3) is 0.625. The Balaban J connectivity index is 1.36. The minimum Gasteiger partial charge on any atom is -0.494 e. The van der Waals surface area contributed by atoms with Crippen LogP contribution < -0.4 is 15.0 Å². The summed E-state index contributed by atoms with van der Waals surface area (Å²) < 4.78 is 11.2. The Bertz CT molecular complexity index is 893. The first kappa shape index (κ1) is 25.0. The van der Waals surface area contributed by atoms with Crippen LogP contribution in [0.3, 0.4) is 0 Å². The molecule has 0 bridgehead atoms. The highest BCUT2D eigenvalue weighted by Crippen LogP contribution is 2.26. The molecule has 0 spiro atoms. The zero-order chi connectivity index (χ0) is 23.8. The SMILES string of the molecule is Cc1cc(OCCCC2CCN(c3noc(C(C)C)n3)CC2)ccc1C(=O)NCC(O)CO. The van der Waals surface area contributed by atoms with Gasteiger partial charge in [0.15, 0.2) is 0 Å². The average Bonchev–Trinajstić information content (AvgIpc) is 3.31. The number of aliphatic hydroxyl groups is 2. The Morgan fingerprint density at radius 3 is 2.73 bits per heavy atom. The van der Waals surface area contributed by atoms with Crippen LogP contribution in [0.1, 0.15) is 67.3 Å². The molecular formula is C24H36N4O5. The number of nitrogens with one attached hydrogen (secondary N) is 1. The third-order valence-electron chi connectivity index (χ3n) is 6.00. The number of ether oxygens (including phenoxy) is 1. The lowest BCUT2D eigenvalue weighted by molar-refractivity contribution is 0.0801. The van der Waals surface area contributed by atoms with Gasteiger partial charge in [-0.05, 0) is 67.4 Å². The number of carbonyl (C=O) groups is 1. The minimum atomic E-state index is -0.958. The summed E-state index contributed by atoms with van der Waals surface area (Å²) in [5.74, 6) is 2.77. The van der Waals surface area contributed by atoms with Crippen LogP contribution in [0.15, 0.2) is 22.7 Å². The van der Waals surface area contributed by atoms with Gasteiger partial charge in [0.05, 0.1) is 19.3 Å². The van der Waals surface area contributed by atoms with E-state index in [2.05, 4.69) is 20.4 Å². The summed E-state index contributed by atoms with van der Waals surface area (Å²) in [4.78, 5) is 18.9. The quantitative estimate of drug-likeness (QED) is 0.438. The van der Waals surface area contributed by atoms with Crippen molar-refractivity contribution in [3.05, 3.63) is 35.2 Å². The second kappa shape index (κ2) is 12.0. The highest BCUT2D eigenvalue weighted by Gasteiger charge is 2.23. The number of hydrogen-bond acceptors (Lipinski definition) is 8. The molecule has 1 saturated heterocycles. The Morgan fingerprint density at radius 2 is 2.09 bits per heavy atom. The number of piperidine rings is 1. The van der Waals surface area contributed by atoms with E-state index >= 15 is 0 Å². The lowest BCUT2D eigenvalue weighted by atomic mass is 9.92. The molecule has 1 aliphatic rings. The maximum Gasteiger partial charge on any atom is 0.266 e. The van der Waals surface area contributed by atoms with Gasteiger partial charge in [0.1, 0.15) is 5.75 Å². The molecule has 3 N–H and O–H groups in total. The fourth-order valence-corrected chi connectivity index (χ4v) is 3.92. The van der Waals surface area contributed by atoms with Gasteiger partial charge in [-0.3, -0.25) is 4.79 Å². The van der Waals surface area contributed by atoms with Crippen molar-refractivity contribution < 1.29 is 24.3 Å². The van der Waals surface area contributed by atoms with Crippen molar-refractivity contribution in [2.75, 3.05) is 37.7 Å². The molecule has 1 atom stereocenters. The van der Waals surface area contributed by atoms with E-state index in [0.29, 0.717) is 29.9 Å². The van der Waals surface area contributed by atoms with E-state index in [4.69, 9.17) is 14.4 Å². The molecule has 9 nitrogen and oxygen atoms in total. The van der Waals surface area contributed by atoms with Gasteiger partial charge in [0.25, 0.3) is 11.9 Å². The van der Waals surface area contributed by atoms with E-state index in [1.54, 1.807) is 12.1 Å². The van der Waals surface area contributed by atoms with Crippen LogP contribution in [-0.4, -0.2) is 65.2 Å². The van der Waals surface area contributed by atoms with Gasteiger partial charge < -0.3 is 29.7 Å². The number of benzene rings is 1. The fourth-order valence-electron chi connectivity index (χ4n) is 3.92. The third-order valence-corrected chi connectivity index (χ3v) is 6.00. The van der Waals surface area contributed by atoms with Gasteiger partial charge in [0.2, 0.25) is 5.89 Å². The molecule has 0 saturated carbocycles. The number of anilines is 1. The summed E-state index contributed by atoms with van der Waals surface area (Å²) in [6.45, 7) is 8.10. The first-order valence-electron chi connectivity index (χ1n) is 11.8. The Labute approximate surface area is 195 Å². The number of nitrogens with zero attached hydrogens (tertiary/aromatic N) is 3. The Morgan fingerprint density at radius 1 is 1.33 bits per heavy atom. The van der Waals surface area contributed by atoms with Gasteiger partial charge in [-0.25, -0.2) is 0 Å². The van der Waals surface area contributed by atoms with Gasteiger partial charge in [-0.15, -0.1) is 0 Å². The largest absolute Gasteiger partial charge is 0.494 e. The van der Waals surface area contributed by atoms with E-state index in [1.165, 1.54) is 0 Å². The molecule has 0 radical (unpaired) electrons. The summed E-state index contributed by atoms with van der Waals surface area (Å²) in [6, 6.07) is 5.37. The van der Waals surface area contributed by atoms with Gasteiger partial charge in [0, 0.05) is 31.1 Å². The molecule has 182 valence electrons. The molecule has 0 aliphatic carbocycles. The zero-order valence-electron chi connectivity index (χ0n) is 19.8. The van der Waals surface area contributed by atoms with Crippen LogP contribution in [0.2, 0.25) is 0 Å². The summed E-state index contributed by atoms with van der Waals surface area (Å²) in [6.07, 6.45) is 3.36. The summed E-state index contributed by atoms with van der Waals surface area (Å²) in [7, 11) is 0. The van der Waals surface area contributed by atoms with E-state index in [9.17, 15) is 9.90 Å². The van der Waals surface area contributed by atoms with Gasteiger partial charge in [-0.2, -0.15) is 4.98 Å². The number of aromatic nitrogens is 2. The predicted octanol–water partition coefficient (Wildman–Crippen LogP) is 2.66. The maximum atomic E-state index is 12.2. The highest BCUT2D eigenvalue weighted by molar-refractivity contribution is 5.95. The van der Waals surface area contributed by atoms with Crippen molar-refractivity contribution >= 4 is 11.9 Å². The lowest BCUT2D eigenvalue weighted by Gasteiger charge is -2.30. The minimum absolute atomic E-state index is 0.0139. The monoisotopic (exact) mass is 460 g/mol. The van der Waals surface area contributed by atoms with E-state index in [-0.39, 0.29) is 25.0 Å². The van der Waals surface area contributed by atoms with Crippen molar-refractivity contribution in [3.8, 4) is 5.75 Å². The number of amides is 1. The van der Waals surface area contributed by atoms with Crippen LogP contribution in [0.25, 0.3) is 0 Å². The standard InChI is InChI=1S/C24H36N4O5/c1-16(2)23-26-24(27-33-23)28-10-8-18(9-11-28)5-4-12-32-20-6-7-21(17(3)13-20)22(31)25-14-19(30)15-29/h6-7,13,16,18-19,29-30H,4-5,8-12,14-15H2,1-3H3,(H,25,31). The molecule has 2 aromatic rings. The normalized spacial score (nSPS) is 15.6. The van der Waals surface area contributed by atoms with Crippen LogP contribution in [0.4, 0.5) is 5.95 Å².